The maximum atomic E-state index is 13.8. The van der Waals surface area contributed by atoms with Gasteiger partial charge in [0.2, 0.25) is 11.8 Å². The number of amides is 2. The van der Waals surface area contributed by atoms with Gasteiger partial charge >= 0.3 is 0 Å². The highest BCUT2D eigenvalue weighted by Gasteiger charge is 2.30. The fourth-order valence-corrected chi connectivity index (χ4v) is 4.35. The summed E-state index contributed by atoms with van der Waals surface area (Å²) in [4.78, 5) is 28.7. The summed E-state index contributed by atoms with van der Waals surface area (Å²) < 4.78 is 0. The molecule has 0 aromatic heterocycles. The third-order valence-electron chi connectivity index (χ3n) is 6.20. The second kappa shape index (κ2) is 13.3. The number of hydrogen-bond donors (Lipinski definition) is 1. The number of nitrogens with zero attached hydrogens (tertiary/aromatic N) is 1. The molecule has 0 radical (unpaired) electrons. The molecule has 3 rings (SSSR count). The van der Waals surface area contributed by atoms with E-state index < -0.39 is 6.04 Å². The average Bonchev–Trinajstić information content (AvgIpc) is 2.89. The monoisotopic (exact) mass is 456 g/mol. The van der Waals surface area contributed by atoms with E-state index in [1.54, 1.807) is 4.90 Å². The number of benzene rings is 3. The molecule has 0 spiro atoms. The number of rotatable bonds is 12. The zero-order valence-corrected chi connectivity index (χ0v) is 20.3. The highest BCUT2D eigenvalue weighted by molar-refractivity contribution is 5.88. The summed E-state index contributed by atoms with van der Waals surface area (Å²) in [6.07, 6.45) is 2.48. The van der Waals surface area contributed by atoms with E-state index in [0.717, 1.165) is 23.1 Å². The van der Waals surface area contributed by atoms with Crippen molar-refractivity contribution in [2.24, 2.45) is 0 Å². The Balaban J connectivity index is 1.87. The van der Waals surface area contributed by atoms with Crippen molar-refractivity contribution < 1.29 is 9.59 Å². The minimum atomic E-state index is -0.477. The van der Waals surface area contributed by atoms with Gasteiger partial charge in [-0.3, -0.25) is 9.59 Å². The minimum absolute atomic E-state index is 0.00661. The zero-order valence-electron chi connectivity index (χ0n) is 20.3. The standard InChI is InChI=1S/C30H36N2O2/c1-3-21-31-30(34)28(4-2)32(22-20-24-14-8-5-9-15-24)29(33)23-27(25-16-10-6-11-17-25)26-18-12-7-13-19-26/h5-19,27-28H,3-4,20-23H2,1-2H3,(H,31,34)/t28-/m1/s1. The second-order valence-electron chi connectivity index (χ2n) is 8.62. The van der Waals surface area contributed by atoms with Crippen LogP contribution in [0.1, 0.15) is 55.7 Å². The Morgan fingerprint density at radius 1 is 0.794 bits per heavy atom. The van der Waals surface area contributed by atoms with Crippen molar-refractivity contribution in [3.8, 4) is 0 Å². The Hall–Kier alpha value is -3.40. The molecule has 0 saturated carbocycles. The van der Waals surface area contributed by atoms with Crippen molar-refractivity contribution in [1.29, 1.82) is 0 Å². The first-order valence-electron chi connectivity index (χ1n) is 12.3. The maximum Gasteiger partial charge on any atom is 0.242 e. The summed E-state index contributed by atoms with van der Waals surface area (Å²) in [5.41, 5.74) is 3.37. The topological polar surface area (TPSA) is 49.4 Å². The number of hydrogen-bond acceptors (Lipinski definition) is 2. The molecule has 0 fully saturated rings. The lowest BCUT2D eigenvalue weighted by Gasteiger charge is -2.32. The molecule has 3 aromatic rings. The largest absolute Gasteiger partial charge is 0.354 e. The lowest BCUT2D eigenvalue weighted by atomic mass is 9.88. The third kappa shape index (κ3) is 7.05. The molecular weight excluding hydrogens is 420 g/mol. The van der Waals surface area contributed by atoms with Crippen LogP contribution in [0.15, 0.2) is 91.0 Å². The summed E-state index contributed by atoms with van der Waals surface area (Å²) in [5.74, 6) is -0.126. The number of carbonyl (C=O) groups excluding carboxylic acids is 2. The highest BCUT2D eigenvalue weighted by atomic mass is 16.2. The van der Waals surface area contributed by atoms with Crippen LogP contribution in [0.4, 0.5) is 0 Å². The van der Waals surface area contributed by atoms with Crippen LogP contribution in [0, 0.1) is 0 Å². The van der Waals surface area contributed by atoms with Gasteiger partial charge in [-0.1, -0.05) is 105 Å². The molecule has 4 nitrogen and oxygen atoms in total. The molecule has 2 amide bonds. The van der Waals surface area contributed by atoms with Crippen LogP contribution in [-0.2, 0) is 16.0 Å². The van der Waals surface area contributed by atoms with E-state index in [4.69, 9.17) is 0 Å². The first-order valence-corrected chi connectivity index (χ1v) is 12.3. The van der Waals surface area contributed by atoms with Crippen molar-refractivity contribution in [1.82, 2.24) is 10.2 Å². The van der Waals surface area contributed by atoms with Gasteiger partial charge in [-0.15, -0.1) is 0 Å². The van der Waals surface area contributed by atoms with Crippen LogP contribution < -0.4 is 5.32 Å². The van der Waals surface area contributed by atoms with Crippen molar-refractivity contribution in [3.63, 3.8) is 0 Å². The van der Waals surface area contributed by atoms with Crippen LogP contribution in [-0.4, -0.2) is 35.8 Å². The molecule has 3 aromatic carbocycles. The quantitative estimate of drug-likeness (QED) is 0.386. The molecule has 0 aliphatic carbocycles. The van der Waals surface area contributed by atoms with Gasteiger partial charge in [-0.05, 0) is 36.0 Å². The van der Waals surface area contributed by atoms with Gasteiger partial charge in [0.25, 0.3) is 0 Å². The summed E-state index contributed by atoms with van der Waals surface area (Å²) in [6, 6.07) is 30.0. The fourth-order valence-electron chi connectivity index (χ4n) is 4.35. The first kappa shape index (κ1) is 25.2. The van der Waals surface area contributed by atoms with Gasteiger partial charge in [0.1, 0.15) is 6.04 Å². The smallest absolute Gasteiger partial charge is 0.242 e. The Bertz CT molecular complexity index is 966. The van der Waals surface area contributed by atoms with Crippen LogP contribution >= 0.6 is 0 Å². The van der Waals surface area contributed by atoms with Crippen molar-refractivity contribution in [2.75, 3.05) is 13.1 Å². The van der Waals surface area contributed by atoms with E-state index >= 15 is 0 Å². The van der Waals surface area contributed by atoms with E-state index in [9.17, 15) is 9.59 Å². The molecule has 1 atom stereocenters. The van der Waals surface area contributed by atoms with E-state index in [1.807, 2.05) is 68.4 Å². The molecule has 0 saturated heterocycles. The molecule has 34 heavy (non-hydrogen) atoms. The third-order valence-corrected chi connectivity index (χ3v) is 6.20. The SMILES string of the molecule is CCCNC(=O)[C@@H](CC)N(CCc1ccccc1)C(=O)CC(c1ccccc1)c1ccccc1. The van der Waals surface area contributed by atoms with Gasteiger partial charge in [0, 0.05) is 25.4 Å². The van der Waals surface area contributed by atoms with Crippen molar-refractivity contribution >= 4 is 11.8 Å². The summed E-state index contributed by atoms with van der Waals surface area (Å²) in [5, 5.41) is 3.00. The zero-order chi connectivity index (χ0) is 24.2. The molecule has 4 heteroatoms. The van der Waals surface area contributed by atoms with Crippen LogP contribution in [0.2, 0.25) is 0 Å². The van der Waals surface area contributed by atoms with E-state index in [1.165, 1.54) is 0 Å². The molecule has 1 N–H and O–H groups in total. The summed E-state index contributed by atoms with van der Waals surface area (Å²) in [7, 11) is 0. The van der Waals surface area contributed by atoms with Gasteiger partial charge in [0.15, 0.2) is 0 Å². The predicted octanol–water partition coefficient (Wildman–Crippen LogP) is 5.58. The minimum Gasteiger partial charge on any atom is -0.354 e. The normalized spacial score (nSPS) is 11.7. The Labute approximate surface area is 204 Å². The number of nitrogens with one attached hydrogen (secondary N) is 1. The molecular formula is C30H36N2O2. The Morgan fingerprint density at radius 2 is 1.32 bits per heavy atom. The summed E-state index contributed by atoms with van der Waals surface area (Å²) >= 11 is 0. The molecule has 0 unspecified atom stereocenters. The summed E-state index contributed by atoms with van der Waals surface area (Å²) in [6.45, 7) is 5.14. The van der Waals surface area contributed by atoms with Crippen LogP contribution in [0.5, 0.6) is 0 Å². The van der Waals surface area contributed by atoms with Gasteiger partial charge < -0.3 is 10.2 Å². The predicted molar refractivity (Wildman–Crippen MR) is 139 cm³/mol. The van der Waals surface area contributed by atoms with Crippen LogP contribution in [0.3, 0.4) is 0 Å². The lowest BCUT2D eigenvalue weighted by molar-refractivity contribution is -0.140. The second-order valence-corrected chi connectivity index (χ2v) is 8.62. The van der Waals surface area contributed by atoms with E-state index in [0.29, 0.717) is 32.4 Å². The molecule has 178 valence electrons. The van der Waals surface area contributed by atoms with Crippen LogP contribution in [0.25, 0.3) is 0 Å². The van der Waals surface area contributed by atoms with Crippen molar-refractivity contribution in [3.05, 3.63) is 108 Å². The average molecular weight is 457 g/mol. The van der Waals surface area contributed by atoms with Crippen molar-refractivity contribution in [2.45, 2.75) is 51.5 Å². The first-order chi connectivity index (χ1) is 16.6. The molecule has 0 aliphatic heterocycles. The fraction of sp³-hybridized carbons (Fsp3) is 0.333. The van der Waals surface area contributed by atoms with E-state index in [-0.39, 0.29) is 17.7 Å². The lowest BCUT2D eigenvalue weighted by Crippen LogP contribution is -2.50. The van der Waals surface area contributed by atoms with Gasteiger partial charge in [-0.25, -0.2) is 0 Å². The highest BCUT2D eigenvalue weighted by Crippen LogP contribution is 2.29. The molecule has 0 aliphatic rings. The van der Waals surface area contributed by atoms with Gasteiger partial charge in [-0.2, -0.15) is 0 Å². The number of carbonyl (C=O) groups is 2. The molecule has 0 heterocycles. The van der Waals surface area contributed by atoms with E-state index in [2.05, 4.69) is 41.7 Å². The maximum absolute atomic E-state index is 13.8. The Kier molecular flexibility index (Phi) is 9.90. The van der Waals surface area contributed by atoms with Gasteiger partial charge in [0.05, 0.1) is 0 Å². The molecule has 0 bridgehead atoms. The Morgan fingerprint density at radius 3 is 1.82 bits per heavy atom.